The van der Waals surface area contributed by atoms with Crippen LogP contribution in [0.2, 0.25) is 0 Å². The topological polar surface area (TPSA) is 12.0 Å². The molecule has 0 aromatic carbocycles. The van der Waals surface area contributed by atoms with Crippen molar-refractivity contribution in [2.75, 3.05) is 0 Å². The van der Waals surface area contributed by atoms with Crippen molar-refractivity contribution in [2.45, 2.75) is 51.5 Å². The van der Waals surface area contributed by atoms with Crippen LogP contribution in [-0.2, 0) is 0 Å². The molecule has 1 unspecified atom stereocenters. The van der Waals surface area contributed by atoms with Gasteiger partial charge in [-0.05, 0) is 51.5 Å². The summed E-state index contributed by atoms with van der Waals surface area (Å²) in [4.78, 5) is 0. The number of allylic oxidation sites excluding steroid dienone is 2. The number of halogens is 2. The smallest absolute Gasteiger partial charge is 0.0960 e. The molecule has 1 nitrogen and oxygen atoms in total. The summed E-state index contributed by atoms with van der Waals surface area (Å²) in [6.45, 7) is 3.80. The van der Waals surface area contributed by atoms with Crippen molar-refractivity contribution in [1.82, 2.24) is 3.53 Å². The number of hydrogen-bond acceptors (Lipinski definition) is 1. The molecule has 1 atom stereocenters. The first kappa shape index (κ1) is 11.4. The molecule has 0 radical (unpaired) electrons. The average molecular weight is 297 g/mol. The highest BCUT2D eigenvalue weighted by Crippen LogP contribution is 2.32. The van der Waals surface area contributed by atoms with Crippen molar-refractivity contribution in [3.63, 3.8) is 0 Å². The van der Waals surface area contributed by atoms with E-state index in [-0.39, 0.29) is 11.4 Å². The SMILES string of the molecule is C/C(F)=C1\CCCC(C)(NI)CC1. The van der Waals surface area contributed by atoms with Crippen molar-refractivity contribution in [2.24, 2.45) is 0 Å². The summed E-state index contributed by atoms with van der Waals surface area (Å²) in [6, 6.07) is 0. The Morgan fingerprint density at radius 1 is 1.46 bits per heavy atom. The lowest BCUT2D eigenvalue weighted by Gasteiger charge is -2.25. The Kier molecular flexibility index (Phi) is 4.16. The van der Waals surface area contributed by atoms with Gasteiger partial charge in [-0.15, -0.1) is 0 Å². The quantitative estimate of drug-likeness (QED) is 0.440. The summed E-state index contributed by atoms with van der Waals surface area (Å²) in [5, 5.41) is 0. The van der Waals surface area contributed by atoms with Crippen LogP contribution in [0.1, 0.15) is 46.0 Å². The molecule has 0 bridgehead atoms. The molecule has 1 aliphatic carbocycles. The van der Waals surface area contributed by atoms with Crippen LogP contribution in [0.5, 0.6) is 0 Å². The maximum absolute atomic E-state index is 13.0. The molecule has 0 heterocycles. The van der Waals surface area contributed by atoms with Gasteiger partial charge in [-0.1, -0.05) is 0 Å². The van der Waals surface area contributed by atoms with Crippen LogP contribution in [0.15, 0.2) is 11.4 Å². The van der Waals surface area contributed by atoms with E-state index in [1.54, 1.807) is 6.92 Å². The van der Waals surface area contributed by atoms with Gasteiger partial charge in [-0.2, -0.15) is 0 Å². The van der Waals surface area contributed by atoms with E-state index in [1.165, 1.54) is 0 Å². The van der Waals surface area contributed by atoms with Crippen LogP contribution in [-0.4, -0.2) is 5.54 Å². The van der Waals surface area contributed by atoms with Gasteiger partial charge in [0.1, 0.15) is 0 Å². The zero-order valence-electron chi connectivity index (χ0n) is 8.29. The van der Waals surface area contributed by atoms with Gasteiger partial charge in [0.25, 0.3) is 0 Å². The van der Waals surface area contributed by atoms with E-state index in [4.69, 9.17) is 0 Å². The lowest BCUT2D eigenvalue weighted by molar-refractivity contribution is 0.392. The van der Waals surface area contributed by atoms with E-state index in [9.17, 15) is 4.39 Å². The van der Waals surface area contributed by atoms with Crippen molar-refractivity contribution in [3.8, 4) is 0 Å². The van der Waals surface area contributed by atoms with Crippen molar-refractivity contribution in [1.29, 1.82) is 0 Å². The third-order valence-corrected chi connectivity index (χ3v) is 4.20. The molecule has 1 fully saturated rings. The van der Waals surface area contributed by atoms with E-state index in [0.717, 1.165) is 37.7 Å². The fourth-order valence-electron chi connectivity index (χ4n) is 1.81. The molecule has 0 spiro atoms. The van der Waals surface area contributed by atoms with E-state index in [0.29, 0.717) is 0 Å². The van der Waals surface area contributed by atoms with E-state index in [2.05, 4.69) is 33.3 Å². The zero-order chi connectivity index (χ0) is 9.90. The highest BCUT2D eigenvalue weighted by molar-refractivity contribution is 14.1. The molecule has 0 aromatic rings. The normalized spacial score (nSPS) is 34.2. The molecule has 1 N–H and O–H groups in total. The molecule has 76 valence electrons. The standard InChI is InChI=1S/C10H17FIN/c1-8(11)9-4-3-6-10(2,13-12)7-5-9/h13H,3-7H2,1-2H3/b9-8-. The first-order chi connectivity index (χ1) is 6.07. The van der Waals surface area contributed by atoms with Gasteiger partial charge in [0, 0.05) is 28.4 Å². The summed E-state index contributed by atoms with van der Waals surface area (Å²) in [5.74, 6) is 0.0395. The number of nitrogens with one attached hydrogen (secondary N) is 1. The summed E-state index contributed by atoms with van der Waals surface area (Å²) in [7, 11) is 0. The van der Waals surface area contributed by atoms with Gasteiger partial charge in [-0.3, -0.25) is 3.53 Å². The average Bonchev–Trinajstić information content (AvgIpc) is 2.28. The molecule has 0 aliphatic heterocycles. The van der Waals surface area contributed by atoms with Crippen LogP contribution in [0, 0.1) is 0 Å². The van der Waals surface area contributed by atoms with Gasteiger partial charge >= 0.3 is 0 Å². The molecule has 1 aliphatic rings. The van der Waals surface area contributed by atoms with Crippen LogP contribution >= 0.6 is 22.9 Å². The lowest BCUT2D eigenvalue weighted by atomic mass is 9.94. The highest BCUT2D eigenvalue weighted by atomic mass is 127. The molecular formula is C10H17FIN. The summed E-state index contributed by atoms with van der Waals surface area (Å²) >= 11 is 2.21. The third kappa shape index (κ3) is 3.20. The van der Waals surface area contributed by atoms with Crippen LogP contribution in [0.3, 0.4) is 0 Å². The van der Waals surface area contributed by atoms with E-state index < -0.39 is 0 Å². The van der Waals surface area contributed by atoms with Crippen LogP contribution in [0.25, 0.3) is 0 Å². The molecule has 13 heavy (non-hydrogen) atoms. The van der Waals surface area contributed by atoms with Crippen molar-refractivity contribution in [3.05, 3.63) is 11.4 Å². The first-order valence-corrected chi connectivity index (χ1v) is 5.87. The molecule has 1 saturated carbocycles. The Morgan fingerprint density at radius 3 is 2.69 bits per heavy atom. The largest absolute Gasteiger partial charge is 0.255 e. The summed E-state index contributed by atoms with van der Waals surface area (Å²) < 4.78 is 16.3. The van der Waals surface area contributed by atoms with Gasteiger partial charge in [0.2, 0.25) is 0 Å². The monoisotopic (exact) mass is 297 g/mol. The minimum atomic E-state index is 0.0395. The Labute approximate surface area is 93.7 Å². The van der Waals surface area contributed by atoms with E-state index >= 15 is 0 Å². The van der Waals surface area contributed by atoms with Gasteiger partial charge in [0.15, 0.2) is 0 Å². The molecule has 0 amide bonds. The Bertz CT molecular complexity index is 211. The fraction of sp³-hybridized carbons (Fsp3) is 0.800. The second kappa shape index (κ2) is 4.73. The Hall–Kier alpha value is 0.360. The van der Waals surface area contributed by atoms with Gasteiger partial charge in [-0.25, -0.2) is 4.39 Å². The lowest BCUT2D eigenvalue weighted by Crippen LogP contribution is -2.34. The van der Waals surface area contributed by atoms with Crippen molar-refractivity contribution >= 4 is 22.9 Å². The summed E-state index contributed by atoms with van der Waals surface area (Å²) in [6.07, 6.45) is 5.15. The van der Waals surface area contributed by atoms with Gasteiger partial charge < -0.3 is 0 Å². The van der Waals surface area contributed by atoms with Crippen LogP contribution in [0.4, 0.5) is 4.39 Å². The Balaban J connectivity index is 2.64. The summed E-state index contributed by atoms with van der Waals surface area (Å²) in [5.41, 5.74) is 1.23. The molecular weight excluding hydrogens is 280 g/mol. The third-order valence-electron chi connectivity index (χ3n) is 2.90. The predicted molar refractivity (Wildman–Crippen MR) is 62.5 cm³/mol. The minimum absolute atomic E-state index is 0.0395. The predicted octanol–water partition coefficient (Wildman–Crippen LogP) is 3.89. The Morgan fingerprint density at radius 2 is 2.15 bits per heavy atom. The van der Waals surface area contributed by atoms with E-state index in [1.807, 2.05) is 0 Å². The zero-order valence-corrected chi connectivity index (χ0v) is 10.4. The fourth-order valence-corrected chi connectivity index (χ4v) is 2.35. The molecule has 0 aromatic heterocycles. The molecule has 3 heteroatoms. The number of hydrogen-bond donors (Lipinski definition) is 1. The van der Waals surface area contributed by atoms with Crippen molar-refractivity contribution < 1.29 is 4.39 Å². The minimum Gasteiger partial charge on any atom is -0.255 e. The molecule has 0 saturated heterocycles. The maximum Gasteiger partial charge on any atom is 0.0960 e. The second-order valence-corrected chi connectivity index (χ2v) is 4.69. The highest BCUT2D eigenvalue weighted by Gasteiger charge is 2.25. The van der Waals surface area contributed by atoms with Gasteiger partial charge in [0.05, 0.1) is 5.83 Å². The van der Waals surface area contributed by atoms with Crippen LogP contribution < -0.4 is 3.53 Å². The first-order valence-electron chi connectivity index (χ1n) is 4.79. The second-order valence-electron chi connectivity index (χ2n) is 4.15. The maximum atomic E-state index is 13.0. The number of rotatable bonds is 1. The molecule has 1 rings (SSSR count).